The number of piperazine rings is 1. The molecule has 7 heteroatoms. The van der Waals surface area contributed by atoms with Gasteiger partial charge >= 0.3 is 0 Å². The first-order valence-corrected chi connectivity index (χ1v) is 10.2. The zero-order valence-electron chi connectivity index (χ0n) is 14.5. The van der Waals surface area contributed by atoms with Gasteiger partial charge in [0.1, 0.15) is 0 Å². The number of hydrogen-bond acceptors (Lipinski definition) is 5. The third-order valence-corrected chi connectivity index (χ3v) is 6.79. The van der Waals surface area contributed by atoms with E-state index >= 15 is 0 Å². The summed E-state index contributed by atoms with van der Waals surface area (Å²) in [5.41, 5.74) is 1.65. The van der Waals surface area contributed by atoms with Crippen molar-refractivity contribution in [3.63, 3.8) is 0 Å². The molecule has 2 unspecified atom stereocenters. The molecule has 0 aromatic heterocycles. The van der Waals surface area contributed by atoms with Crippen molar-refractivity contribution in [2.24, 2.45) is 0 Å². The molecular weight excluding hydrogens is 326 g/mol. The van der Waals surface area contributed by atoms with E-state index in [1.165, 1.54) is 0 Å². The molecule has 2 saturated heterocycles. The molecule has 2 fully saturated rings. The van der Waals surface area contributed by atoms with Crippen LogP contribution in [0.5, 0.6) is 0 Å². The fourth-order valence-corrected chi connectivity index (χ4v) is 5.75. The van der Waals surface area contributed by atoms with E-state index in [4.69, 9.17) is 0 Å². The maximum Gasteiger partial charge on any atom is 0.254 e. The average molecular weight is 351 g/mol. The highest BCUT2D eigenvalue weighted by Gasteiger charge is 2.47. The lowest BCUT2D eigenvalue weighted by Crippen LogP contribution is -2.60. The summed E-state index contributed by atoms with van der Waals surface area (Å²) in [6, 6.07) is 7.17. The van der Waals surface area contributed by atoms with Gasteiger partial charge in [0.2, 0.25) is 0 Å². The first-order chi connectivity index (χ1) is 11.3. The summed E-state index contributed by atoms with van der Waals surface area (Å²) < 4.78 is 24.2. The predicted molar refractivity (Wildman–Crippen MR) is 95.3 cm³/mol. The van der Waals surface area contributed by atoms with E-state index in [1.807, 2.05) is 50.2 Å². The number of fused-ring (bicyclic) bond motifs is 1. The van der Waals surface area contributed by atoms with Crippen LogP contribution in [0.15, 0.2) is 24.3 Å². The Labute approximate surface area is 144 Å². The SMILES string of the molecule is CCN1CCN(C(=O)c2ccc(N(C)C)cc2)C2CS(=O)(=O)CC21. The second kappa shape index (κ2) is 6.37. The molecule has 0 spiro atoms. The van der Waals surface area contributed by atoms with Crippen LogP contribution in [0.3, 0.4) is 0 Å². The predicted octanol–water partition coefficient (Wildman–Crippen LogP) is 0.696. The zero-order chi connectivity index (χ0) is 17.5. The minimum atomic E-state index is -3.08. The lowest BCUT2D eigenvalue weighted by molar-refractivity contribution is 0.0349. The Morgan fingerprint density at radius 2 is 1.75 bits per heavy atom. The summed E-state index contributed by atoms with van der Waals surface area (Å²) in [7, 11) is 0.826. The molecule has 24 heavy (non-hydrogen) atoms. The Morgan fingerprint density at radius 3 is 2.33 bits per heavy atom. The van der Waals surface area contributed by atoms with Crippen LogP contribution in [-0.4, -0.2) is 81.4 Å². The molecule has 1 aromatic rings. The molecule has 6 nitrogen and oxygen atoms in total. The highest BCUT2D eigenvalue weighted by molar-refractivity contribution is 7.91. The van der Waals surface area contributed by atoms with Crippen molar-refractivity contribution in [3.8, 4) is 0 Å². The second-order valence-corrected chi connectivity index (χ2v) is 8.93. The largest absolute Gasteiger partial charge is 0.378 e. The monoisotopic (exact) mass is 351 g/mol. The van der Waals surface area contributed by atoms with E-state index in [0.29, 0.717) is 12.1 Å². The molecule has 2 aliphatic heterocycles. The molecule has 3 rings (SSSR count). The van der Waals surface area contributed by atoms with Crippen LogP contribution in [0.2, 0.25) is 0 Å². The fourth-order valence-electron chi connectivity index (χ4n) is 3.74. The van der Waals surface area contributed by atoms with Crippen LogP contribution in [0, 0.1) is 0 Å². The molecule has 1 aromatic carbocycles. The van der Waals surface area contributed by atoms with E-state index in [1.54, 1.807) is 4.90 Å². The smallest absolute Gasteiger partial charge is 0.254 e. The first-order valence-electron chi connectivity index (χ1n) is 8.35. The standard InChI is InChI=1S/C17H25N3O3S/c1-4-19-9-10-20(16-12-24(22,23)11-15(16)19)17(21)13-5-7-14(8-6-13)18(2)3/h5-8,15-16H,4,9-12H2,1-3H3. The minimum absolute atomic E-state index is 0.0665. The van der Waals surface area contributed by atoms with Gasteiger partial charge in [-0.2, -0.15) is 0 Å². The summed E-state index contributed by atoms with van der Waals surface area (Å²) in [6.45, 7) is 4.17. The summed E-state index contributed by atoms with van der Waals surface area (Å²) in [5, 5.41) is 0. The van der Waals surface area contributed by atoms with Crippen LogP contribution < -0.4 is 4.90 Å². The third kappa shape index (κ3) is 3.15. The number of carbonyl (C=O) groups is 1. The molecular formula is C17H25N3O3S. The van der Waals surface area contributed by atoms with Crippen LogP contribution >= 0.6 is 0 Å². The van der Waals surface area contributed by atoms with E-state index < -0.39 is 9.84 Å². The van der Waals surface area contributed by atoms with Crippen molar-refractivity contribution in [3.05, 3.63) is 29.8 Å². The van der Waals surface area contributed by atoms with Crippen molar-refractivity contribution >= 4 is 21.4 Å². The van der Waals surface area contributed by atoms with E-state index in [-0.39, 0.29) is 29.5 Å². The van der Waals surface area contributed by atoms with Crippen molar-refractivity contribution in [1.82, 2.24) is 9.80 Å². The summed E-state index contributed by atoms with van der Waals surface area (Å²) in [5.74, 6) is 0.174. The number of benzene rings is 1. The Balaban J connectivity index is 1.84. The first kappa shape index (κ1) is 17.2. The molecule has 0 radical (unpaired) electrons. The maximum absolute atomic E-state index is 12.9. The van der Waals surface area contributed by atoms with Gasteiger partial charge < -0.3 is 9.80 Å². The number of nitrogens with zero attached hydrogens (tertiary/aromatic N) is 3. The highest BCUT2D eigenvalue weighted by atomic mass is 32.2. The number of rotatable bonds is 3. The second-order valence-electron chi connectivity index (χ2n) is 6.78. The molecule has 1 amide bonds. The normalized spacial score (nSPS) is 26.2. The van der Waals surface area contributed by atoms with Gasteiger partial charge in [-0.05, 0) is 30.8 Å². The van der Waals surface area contributed by atoms with Gasteiger partial charge in [-0.15, -0.1) is 0 Å². The Bertz CT molecular complexity index is 715. The van der Waals surface area contributed by atoms with Crippen molar-refractivity contribution < 1.29 is 13.2 Å². The number of anilines is 1. The lowest BCUT2D eigenvalue weighted by atomic mass is 10.0. The van der Waals surface area contributed by atoms with E-state index in [9.17, 15) is 13.2 Å². The molecule has 0 bridgehead atoms. The minimum Gasteiger partial charge on any atom is -0.378 e. The van der Waals surface area contributed by atoms with Gasteiger partial charge in [0.15, 0.2) is 9.84 Å². The van der Waals surface area contributed by atoms with Gasteiger partial charge in [0.25, 0.3) is 5.91 Å². The lowest BCUT2D eigenvalue weighted by Gasteiger charge is -2.43. The number of sulfone groups is 1. The Morgan fingerprint density at radius 1 is 1.12 bits per heavy atom. The molecule has 132 valence electrons. The maximum atomic E-state index is 12.9. The highest BCUT2D eigenvalue weighted by Crippen LogP contribution is 2.28. The molecule has 0 aliphatic carbocycles. The van der Waals surface area contributed by atoms with Crippen LogP contribution in [0.4, 0.5) is 5.69 Å². The Kier molecular flexibility index (Phi) is 4.57. The number of hydrogen-bond donors (Lipinski definition) is 0. The van der Waals surface area contributed by atoms with E-state index in [0.717, 1.165) is 18.8 Å². The van der Waals surface area contributed by atoms with Crippen molar-refractivity contribution in [2.45, 2.75) is 19.0 Å². The number of amides is 1. The number of likely N-dealkylation sites (N-methyl/N-ethyl adjacent to an activating group) is 1. The van der Waals surface area contributed by atoms with Gasteiger partial charge in [-0.3, -0.25) is 9.69 Å². The van der Waals surface area contributed by atoms with Crippen molar-refractivity contribution in [2.75, 3.05) is 50.1 Å². The fraction of sp³-hybridized carbons (Fsp3) is 0.588. The summed E-state index contributed by atoms with van der Waals surface area (Å²) >= 11 is 0. The molecule has 2 atom stereocenters. The molecule has 2 heterocycles. The van der Waals surface area contributed by atoms with Gasteiger partial charge in [0.05, 0.1) is 17.5 Å². The van der Waals surface area contributed by atoms with Crippen molar-refractivity contribution in [1.29, 1.82) is 0 Å². The van der Waals surface area contributed by atoms with Crippen LogP contribution in [0.1, 0.15) is 17.3 Å². The number of carbonyl (C=O) groups excluding carboxylic acids is 1. The quantitative estimate of drug-likeness (QED) is 0.802. The average Bonchev–Trinajstić information content (AvgIpc) is 2.88. The molecule has 2 aliphatic rings. The van der Waals surface area contributed by atoms with Crippen LogP contribution in [0.25, 0.3) is 0 Å². The molecule has 0 N–H and O–H groups in total. The third-order valence-electron chi connectivity index (χ3n) is 5.09. The van der Waals surface area contributed by atoms with Gasteiger partial charge in [-0.25, -0.2) is 8.42 Å². The van der Waals surface area contributed by atoms with E-state index in [2.05, 4.69) is 4.90 Å². The molecule has 0 saturated carbocycles. The van der Waals surface area contributed by atoms with Crippen LogP contribution in [-0.2, 0) is 9.84 Å². The zero-order valence-corrected chi connectivity index (χ0v) is 15.3. The van der Waals surface area contributed by atoms with Gasteiger partial charge in [-0.1, -0.05) is 6.92 Å². The topological polar surface area (TPSA) is 60.9 Å². The summed E-state index contributed by atoms with van der Waals surface area (Å²) in [6.07, 6.45) is 0. The summed E-state index contributed by atoms with van der Waals surface area (Å²) in [4.78, 5) is 18.9. The Hall–Kier alpha value is -1.60. The van der Waals surface area contributed by atoms with Gasteiger partial charge in [0, 0.05) is 44.5 Å².